The third-order valence-corrected chi connectivity index (χ3v) is 3.68. The van der Waals surface area contributed by atoms with Gasteiger partial charge in [-0.25, -0.2) is 0 Å². The summed E-state index contributed by atoms with van der Waals surface area (Å²) in [6.45, 7) is 4.40. The van der Waals surface area contributed by atoms with Crippen molar-refractivity contribution in [3.8, 4) is 0 Å². The Labute approximate surface area is 117 Å². The summed E-state index contributed by atoms with van der Waals surface area (Å²) in [6, 6.07) is 5.62. The van der Waals surface area contributed by atoms with Gasteiger partial charge in [-0.3, -0.25) is 4.90 Å². The van der Waals surface area contributed by atoms with E-state index in [-0.39, 0.29) is 18.8 Å². The Bertz CT molecular complexity index is 394. The van der Waals surface area contributed by atoms with Crippen LogP contribution >= 0.6 is 23.2 Å². The smallest absolute Gasteiger partial charge is 0.0953 e. The van der Waals surface area contributed by atoms with Gasteiger partial charge in [-0.2, -0.15) is 0 Å². The van der Waals surface area contributed by atoms with Crippen LogP contribution in [0.15, 0.2) is 18.2 Å². The number of hydrogen-bond acceptors (Lipinski definition) is 3. The lowest BCUT2D eigenvalue weighted by Gasteiger charge is -2.36. The minimum absolute atomic E-state index is 0.0380. The van der Waals surface area contributed by atoms with E-state index in [9.17, 15) is 5.11 Å². The molecule has 1 heterocycles. The number of aliphatic hydroxyl groups excluding tert-OH is 1. The van der Waals surface area contributed by atoms with Gasteiger partial charge in [0.25, 0.3) is 0 Å². The van der Waals surface area contributed by atoms with Crippen molar-refractivity contribution in [1.82, 2.24) is 4.90 Å². The fourth-order valence-electron chi connectivity index (χ4n) is 2.15. The minimum Gasteiger partial charge on any atom is -0.395 e. The van der Waals surface area contributed by atoms with Crippen molar-refractivity contribution in [1.29, 1.82) is 0 Å². The predicted molar refractivity (Wildman–Crippen MR) is 73.3 cm³/mol. The summed E-state index contributed by atoms with van der Waals surface area (Å²) < 4.78 is 5.76. The van der Waals surface area contributed by atoms with Crippen molar-refractivity contribution in [3.05, 3.63) is 33.8 Å². The quantitative estimate of drug-likeness (QED) is 0.929. The highest BCUT2D eigenvalue weighted by molar-refractivity contribution is 6.34. The molecule has 1 aliphatic heterocycles. The van der Waals surface area contributed by atoms with Gasteiger partial charge in [0.05, 0.1) is 19.3 Å². The number of ether oxygens (including phenoxy) is 1. The van der Waals surface area contributed by atoms with Crippen molar-refractivity contribution >= 4 is 23.2 Å². The molecule has 1 fully saturated rings. The van der Waals surface area contributed by atoms with E-state index in [1.807, 2.05) is 19.1 Å². The topological polar surface area (TPSA) is 32.7 Å². The molecule has 2 atom stereocenters. The molecule has 0 aromatic heterocycles. The summed E-state index contributed by atoms with van der Waals surface area (Å²) in [5.41, 5.74) is 0.988. The van der Waals surface area contributed by atoms with E-state index in [2.05, 4.69) is 4.90 Å². The summed E-state index contributed by atoms with van der Waals surface area (Å²) in [5, 5.41) is 10.4. The molecule has 18 heavy (non-hydrogen) atoms. The number of halogens is 2. The van der Waals surface area contributed by atoms with Gasteiger partial charge in [0.2, 0.25) is 0 Å². The van der Waals surface area contributed by atoms with E-state index >= 15 is 0 Å². The van der Waals surface area contributed by atoms with Gasteiger partial charge in [-0.15, -0.1) is 0 Å². The number of rotatable bonds is 3. The van der Waals surface area contributed by atoms with Gasteiger partial charge in [0.1, 0.15) is 0 Å². The average Bonchev–Trinajstić information content (AvgIpc) is 2.37. The van der Waals surface area contributed by atoms with Gasteiger partial charge in [0, 0.05) is 29.2 Å². The normalized spacial score (nSPS) is 23.0. The Hall–Kier alpha value is -0.320. The number of benzene rings is 1. The predicted octanol–water partition coefficient (Wildman–Crippen LogP) is 2.75. The van der Waals surface area contributed by atoms with Crippen molar-refractivity contribution in [2.75, 3.05) is 26.3 Å². The molecule has 2 unspecified atom stereocenters. The first kappa shape index (κ1) is 14.1. The van der Waals surface area contributed by atoms with Gasteiger partial charge in [0.15, 0.2) is 0 Å². The molecule has 100 valence electrons. The van der Waals surface area contributed by atoms with E-state index < -0.39 is 0 Å². The van der Waals surface area contributed by atoms with Crippen LogP contribution < -0.4 is 0 Å². The Morgan fingerprint density at radius 1 is 1.39 bits per heavy atom. The summed E-state index contributed by atoms with van der Waals surface area (Å²) >= 11 is 12.0. The van der Waals surface area contributed by atoms with E-state index in [4.69, 9.17) is 27.9 Å². The van der Waals surface area contributed by atoms with Crippen molar-refractivity contribution in [2.45, 2.75) is 19.1 Å². The van der Waals surface area contributed by atoms with E-state index in [1.165, 1.54) is 0 Å². The standard InChI is InChI=1S/C13H17Cl2NO2/c1-9(8-17)16-2-3-18-13(7-16)10-4-11(14)6-12(15)5-10/h4-6,9,13,17H,2-3,7-8H2,1H3. The molecule has 1 N–H and O–H groups in total. The maximum absolute atomic E-state index is 9.21. The first-order valence-corrected chi connectivity index (χ1v) is 6.78. The number of morpholine rings is 1. The minimum atomic E-state index is -0.0380. The molecular weight excluding hydrogens is 273 g/mol. The Morgan fingerprint density at radius 2 is 2.06 bits per heavy atom. The van der Waals surface area contributed by atoms with Crippen LogP contribution in [-0.4, -0.2) is 42.4 Å². The van der Waals surface area contributed by atoms with Crippen molar-refractivity contribution < 1.29 is 9.84 Å². The van der Waals surface area contributed by atoms with E-state index in [1.54, 1.807) is 6.07 Å². The highest BCUT2D eigenvalue weighted by Gasteiger charge is 2.25. The fraction of sp³-hybridized carbons (Fsp3) is 0.538. The maximum Gasteiger partial charge on any atom is 0.0953 e. The second-order valence-corrected chi connectivity index (χ2v) is 5.46. The van der Waals surface area contributed by atoms with E-state index in [0.717, 1.165) is 18.7 Å². The van der Waals surface area contributed by atoms with E-state index in [0.29, 0.717) is 16.7 Å². The van der Waals surface area contributed by atoms with Crippen LogP contribution in [0.1, 0.15) is 18.6 Å². The first-order valence-electron chi connectivity index (χ1n) is 6.02. The third-order valence-electron chi connectivity index (χ3n) is 3.24. The van der Waals surface area contributed by atoms with Crippen LogP contribution in [0.3, 0.4) is 0 Å². The summed E-state index contributed by atoms with van der Waals surface area (Å²) in [4.78, 5) is 2.21. The summed E-state index contributed by atoms with van der Waals surface area (Å²) in [6.07, 6.45) is -0.0380. The molecule has 2 rings (SSSR count). The zero-order chi connectivity index (χ0) is 13.1. The first-order chi connectivity index (χ1) is 8.60. The second-order valence-electron chi connectivity index (χ2n) is 4.59. The zero-order valence-electron chi connectivity index (χ0n) is 10.3. The zero-order valence-corrected chi connectivity index (χ0v) is 11.8. The summed E-state index contributed by atoms with van der Waals surface area (Å²) in [7, 11) is 0. The maximum atomic E-state index is 9.21. The average molecular weight is 290 g/mol. The number of nitrogens with zero attached hydrogens (tertiary/aromatic N) is 1. The molecule has 1 saturated heterocycles. The van der Waals surface area contributed by atoms with Gasteiger partial charge in [-0.05, 0) is 30.7 Å². The van der Waals surface area contributed by atoms with Crippen LogP contribution in [0.4, 0.5) is 0 Å². The van der Waals surface area contributed by atoms with Crippen LogP contribution in [0.2, 0.25) is 10.0 Å². The molecule has 0 aliphatic carbocycles. The lowest BCUT2D eigenvalue weighted by molar-refractivity contribution is -0.0492. The monoisotopic (exact) mass is 289 g/mol. The molecule has 1 aromatic rings. The lowest BCUT2D eigenvalue weighted by Crippen LogP contribution is -2.44. The summed E-state index contributed by atoms with van der Waals surface area (Å²) in [5.74, 6) is 0. The molecule has 0 bridgehead atoms. The third kappa shape index (κ3) is 3.37. The Kier molecular flexibility index (Phi) is 4.87. The lowest BCUT2D eigenvalue weighted by atomic mass is 10.1. The van der Waals surface area contributed by atoms with Crippen molar-refractivity contribution in [2.24, 2.45) is 0 Å². The van der Waals surface area contributed by atoms with Gasteiger partial charge < -0.3 is 9.84 Å². The highest BCUT2D eigenvalue weighted by atomic mass is 35.5. The molecule has 1 aromatic carbocycles. The fourth-order valence-corrected chi connectivity index (χ4v) is 2.69. The molecule has 5 heteroatoms. The number of hydrogen-bond donors (Lipinski definition) is 1. The molecule has 1 aliphatic rings. The molecule has 3 nitrogen and oxygen atoms in total. The van der Waals surface area contributed by atoms with Gasteiger partial charge >= 0.3 is 0 Å². The Balaban J connectivity index is 2.12. The van der Waals surface area contributed by atoms with Crippen LogP contribution in [-0.2, 0) is 4.74 Å². The molecule has 0 radical (unpaired) electrons. The molecular formula is C13H17Cl2NO2. The molecule has 0 amide bonds. The second kappa shape index (κ2) is 6.22. The highest BCUT2D eigenvalue weighted by Crippen LogP contribution is 2.28. The van der Waals surface area contributed by atoms with Crippen LogP contribution in [0, 0.1) is 0 Å². The number of aliphatic hydroxyl groups is 1. The molecule has 0 saturated carbocycles. The van der Waals surface area contributed by atoms with Crippen molar-refractivity contribution in [3.63, 3.8) is 0 Å². The molecule has 0 spiro atoms. The Morgan fingerprint density at radius 3 is 2.67 bits per heavy atom. The van der Waals surface area contributed by atoms with Crippen LogP contribution in [0.5, 0.6) is 0 Å². The van der Waals surface area contributed by atoms with Gasteiger partial charge in [-0.1, -0.05) is 23.2 Å². The largest absolute Gasteiger partial charge is 0.395 e. The van der Waals surface area contributed by atoms with Crippen LogP contribution in [0.25, 0.3) is 0 Å². The SMILES string of the molecule is CC(CO)N1CCOC(c2cc(Cl)cc(Cl)c2)C1.